The number of rotatable bonds is 6. The number of sulfonamides is 1. The van der Waals surface area contributed by atoms with Gasteiger partial charge in [0, 0.05) is 23.8 Å². The number of carbonyl (C=O) groups is 1. The molecule has 36 heavy (non-hydrogen) atoms. The molecule has 1 aliphatic heterocycles. The van der Waals surface area contributed by atoms with Gasteiger partial charge < -0.3 is 14.6 Å². The number of aromatic amines is 1. The molecule has 2 aromatic heterocycles. The van der Waals surface area contributed by atoms with Crippen LogP contribution < -0.4 is 19.9 Å². The first-order valence-electron chi connectivity index (χ1n) is 11.3. The number of hydrogen-bond acceptors (Lipinski definition) is 7. The smallest absolute Gasteiger partial charge is 0.269 e. The van der Waals surface area contributed by atoms with Crippen molar-refractivity contribution in [2.24, 2.45) is 5.92 Å². The van der Waals surface area contributed by atoms with E-state index >= 15 is 0 Å². The van der Waals surface area contributed by atoms with Crippen LogP contribution in [0.15, 0.2) is 58.4 Å². The van der Waals surface area contributed by atoms with E-state index in [1.165, 1.54) is 37.6 Å². The predicted octanol–water partition coefficient (Wildman–Crippen LogP) is 3.33. The van der Waals surface area contributed by atoms with Crippen molar-refractivity contribution in [1.82, 2.24) is 14.7 Å². The molecule has 0 bridgehead atoms. The molecule has 0 saturated carbocycles. The number of H-pyrrole nitrogens is 1. The highest BCUT2D eigenvalue weighted by Crippen LogP contribution is 2.39. The Hall–Kier alpha value is -3.73. The number of hydrogen-bond donors (Lipinski definition) is 2. The zero-order valence-electron chi connectivity index (χ0n) is 20.3. The zero-order valence-corrected chi connectivity index (χ0v) is 21.1. The van der Waals surface area contributed by atoms with Gasteiger partial charge in [-0.25, -0.2) is 22.5 Å². The quantitative estimate of drug-likeness (QED) is 0.518. The molecule has 11 heteroatoms. The number of aromatic nitrogens is 2. The Bertz CT molecular complexity index is 1490. The first-order chi connectivity index (χ1) is 17.0. The molecule has 0 spiro atoms. The van der Waals surface area contributed by atoms with Crippen LogP contribution in [-0.4, -0.2) is 43.5 Å². The molecule has 1 atom stereocenters. The molecule has 9 nitrogen and oxygen atoms in total. The topological polar surface area (TPSA) is 121 Å². The minimum absolute atomic E-state index is 0.0333. The number of anilines is 1. The maximum Gasteiger partial charge on any atom is 0.269 e. The molecule has 4 rings (SSSR count). The van der Waals surface area contributed by atoms with Crippen molar-refractivity contribution in [3.8, 4) is 17.0 Å². The van der Waals surface area contributed by atoms with E-state index in [0.29, 0.717) is 23.6 Å². The monoisotopic (exact) mass is 514 g/mol. The standard InChI is InChI=1S/C25H27FN4O5S/c1-15-11-13-30(25(15,2)3)22-17(23(31)29-36(33,34)21-6-5-12-27-24(21)32)8-10-19(28-22)16-7-9-18(26)20(14-16)35-4/h5-10,12,14-15H,11,13H2,1-4H3,(H,27,32)(H,29,31). The average molecular weight is 515 g/mol. The fraction of sp³-hybridized carbons (Fsp3) is 0.320. The zero-order chi connectivity index (χ0) is 26.3. The van der Waals surface area contributed by atoms with Gasteiger partial charge in [0.2, 0.25) is 0 Å². The van der Waals surface area contributed by atoms with Crippen LogP contribution in [0, 0.1) is 11.7 Å². The second kappa shape index (κ2) is 9.38. The Morgan fingerprint density at radius 3 is 2.64 bits per heavy atom. The van der Waals surface area contributed by atoms with Crippen LogP contribution in [0.25, 0.3) is 11.3 Å². The highest BCUT2D eigenvalue weighted by Gasteiger charge is 2.41. The van der Waals surface area contributed by atoms with Gasteiger partial charge in [-0.05, 0) is 68.7 Å². The van der Waals surface area contributed by atoms with Gasteiger partial charge in [0.25, 0.3) is 21.5 Å². The van der Waals surface area contributed by atoms with Crippen molar-refractivity contribution in [2.75, 3.05) is 18.6 Å². The van der Waals surface area contributed by atoms with Crippen LogP contribution in [0.4, 0.5) is 10.2 Å². The molecule has 1 fully saturated rings. The number of pyridine rings is 2. The van der Waals surface area contributed by atoms with Crippen LogP contribution in [0.2, 0.25) is 0 Å². The number of amides is 1. The lowest BCUT2D eigenvalue weighted by Crippen LogP contribution is -2.44. The molecule has 1 saturated heterocycles. The highest BCUT2D eigenvalue weighted by atomic mass is 32.2. The Balaban J connectivity index is 1.80. The Kier molecular flexibility index (Phi) is 6.61. The van der Waals surface area contributed by atoms with Crippen LogP contribution in [0.5, 0.6) is 5.75 Å². The predicted molar refractivity (Wildman–Crippen MR) is 133 cm³/mol. The average Bonchev–Trinajstić information content (AvgIpc) is 3.10. The number of methoxy groups -OCH3 is 1. The Morgan fingerprint density at radius 1 is 1.25 bits per heavy atom. The first kappa shape index (κ1) is 25.4. The highest BCUT2D eigenvalue weighted by molar-refractivity contribution is 7.90. The van der Waals surface area contributed by atoms with Crippen molar-refractivity contribution in [1.29, 1.82) is 0 Å². The summed E-state index contributed by atoms with van der Waals surface area (Å²) in [5.41, 5.74) is -0.166. The van der Waals surface area contributed by atoms with E-state index in [1.54, 1.807) is 12.1 Å². The van der Waals surface area contributed by atoms with Crippen molar-refractivity contribution in [3.05, 3.63) is 70.4 Å². The molecule has 0 aliphatic carbocycles. The summed E-state index contributed by atoms with van der Waals surface area (Å²) in [7, 11) is -3.08. The summed E-state index contributed by atoms with van der Waals surface area (Å²) in [6.45, 7) is 6.76. The molecule has 3 heterocycles. The van der Waals surface area contributed by atoms with Gasteiger partial charge in [-0.15, -0.1) is 0 Å². The maximum absolute atomic E-state index is 14.0. The minimum atomic E-state index is -4.44. The van der Waals surface area contributed by atoms with Crippen LogP contribution in [0.1, 0.15) is 37.6 Å². The number of nitrogens with one attached hydrogen (secondary N) is 2. The lowest BCUT2D eigenvalue weighted by molar-refractivity contribution is 0.0981. The Labute approximate surface area is 208 Å². The second-order valence-corrected chi connectivity index (χ2v) is 10.9. The third-order valence-electron chi connectivity index (χ3n) is 6.81. The van der Waals surface area contributed by atoms with E-state index in [-0.39, 0.29) is 22.8 Å². The maximum atomic E-state index is 14.0. The summed E-state index contributed by atoms with van der Waals surface area (Å²) in [4.78, 5) is 33.7. The summed E-state index contributed by atoms with van der Waals surface area (Å²) in [6.07, 6.45) is 2.15. The SMILES string of the molecule is COc1cc(-c2ccc(C(=O)NS(=O)(=O)c3ccc[nH]c3=O)c(N3CCC(C)C3(C)C)n2)ccc1F. The fourth-order valence-electron chi connectivity index (χ4n) is 4.27. The van der Waals surface area contributed by atoms with Gasteiger partial charge in [0.15, 0.2) is 16.5 Å². The van der Waals surface area contributed by atoms with E-state index < -0.39 is 32.2 Å². The summed E-state index contributed by atoms with van der Waals surface area (Å²) in [5.74, 6) is -0.824. The molecule has 1 amide bonds. The fourth-order valence-corrected chi connectivity index (χ4v) is 5.29. The van der Waals surface area contributed by atoms with Gasteiger partial charge in [-0.2, -0.15) is 0 Å². The lowest BCUT2D eigenvalue weighted by atomic mass is 9.90. The molecule has 1 aromatic carbocycles. The summed E-state index contributed by atoms with van der Waals surface area (Å²) >= 11 is 0. The van der Waals surface area contributed by atoms with Gasteiger partial charge in [0.1, 0.15) is 5.82 Å². The van der Waals surface area contributed by atoms with Crippen LogP contribution in [-0.2, 0) is 10.0 Å². The lowest BCUT2D eigenvalue weighted by Gasteiger charge is -2.36. The van der Waals surface area contributed by atoms with E-state index in [1.807, 2.05) is 23.5 Å². The Morgan fingerprint density at radius 2 is 2.00 bits per heavy atom. The normalized spacial score (nSPS) is 17.1. The van der Waals surface area contributed by atoms with Crippen LogP contribution in [0.3, 0.4) is 0 Å². The van der Waals surface area contributed by atoms with Gasteiger partial charge in [-0.3, -0.25) is 9.59 Å². The van der Waals surface area contributed by atoms with Crippen molar-refractivity contribution in [2.45, 2.75) is 37.6 Å². The van der Waals surface area contributed by atoms with Gasteiger partial charge >= 0.3 is 0 Å². The summed E-state index contributed by atoms with van der Waals surface area (Å²) in [6, 6.07) is 9.82. The van der Waals surface area contributed by atoms with E-state index in [9.17, 15) is 22.4 Å². The molecule has 1 unspecified atom stereocenters. The van der Waals surface area contributed by atoms with E-state index in [0.717, 1.165) is 12.5 Å². The van der Waals surface area contributed by atoms with Crippen molar-refractivity contribution < 1.29 is 22.3 Å². The summed E-state index contributed by atoms with van der Waals surface area (Å²) in [5, 5.41) is 0. The molecule has 0 radical (unpaired) electrons. The third-order valence-corrected chi connectivity index (χ3v) is 8.16. The van der Waals surface area contributed by atoms with Gasteiger partial charge in [-0.1, -0.05) is 6.92 Å². The van der Waals surface area contributed by atoms with Gasteiger partial charge in [0.05, 0.1) is 18.4 Å². The van der Waals surface area contributed by atoms with Crippen molar-refractivity contribution >= 4 is 21.7 Å². The molecule has 1 aliphatic rings. The van der Waals surface area contributed by atoms with Crippen molar-refractivity contribution in [3.63, 3.8) is 0 Å². The number of halogens is 1. The minimum Gasteiger partial charge on any atom is -0.494 e. The molecular weight excluding hydrogens is 487 g/mol. The molecule has 190 valence electrons. The number of benzene rings is 1. The number of carbonyl (C=O) groups excluding carboxylic acids is 1. The second-order valence-electron chi connectivity index (χ2n) is 9.21. The number of nitrogens with zero attached hydrogens (tertiary/aromatic N) is 2. The summed E-state index contributed by atoms with van der Waals surface area (Å²) < 4.78 is 46.6. The molecular formula is C25H27FN4O5S. The molecule has 3 aromatic rings. The van der Waals surface area contributed by atoms with E-state index in [4.69, 9.17) is 9.72 Å². The van der Waals surface area contributed by atoms with Crippen LogP contribution >= 0.6 is 0 Å². The first-order valence-corrected chi connectivity index (χ1v) is 12.8. The number of ether oxygens (including phenoxy) is 1. The molecule has 2 N–H and O–H groups in total. The van der Waals surface area contributed by atoms with E-state index in [2.05, 4.69) is 11.9 Å². The largest absolute Gasteiger partial charge is 0.494 e. The third kappa shape index (κ3) is 4.58.